The molecule has 0 radical (unpaired) electrons. The number of nitrogens with one attached hydrogen (secondary N) is 1. The Bertz CT molecular complexity index is 515. The lowest BCUT2D eigenvalue weighted by atomic mass is 9.87. The second kappa shape index (κ2) is 14.0. The molecule has 168 valence electrons. The van der Waals surface area contributed by atoms with Crippen LogP contribution in [-0.4, -0.2) is 28.5 Å². The van der Waals surface area contributed by atoms with Gasteiger partial charge < -0.3 is 15.5 Å². The summed E-state index contributed by atoms with van der Waals surface area (Å²) in [6.45, 7) is 11.1. The molecular formula is C26H47NO2. The van der Waals surface area contributed by atoms with E-state index in [0.717, 1.165) is 30.4 Å². The minimum Gasteiger partial charge on any atom is -0.394 e. The van der Waals surface area contributed by atoms with Crippen LogP contribution in [0, 0.1) is 17.8 Å². The van der Waals surface area contributed by atoms with Crippen molar-refractivity contribution in [3.63, 3.8) is 0 Å². The van der Waals surface area contributed by atoms with E-state index in [0.29, 0.717) is 12.3 Å². The van der Waals surface area contributed by atoms with Gasteiger partial charge in [0.1, 0.15) is 0 Å². The van der Waals surface area contributed by atoms with Crippen LogP contribution < -0.4 is 5.32 Å². The average Bonchev–Trinajstić information content (AvgIpc) is 2.66. The first-order valence-corrected chi connectivity index (χ1v) is 11.9. The fourth-order valence-corrected chi connectivity index (χ4v) is 4.09. The molecule has 0 fully saturated rings. The van der Waals surface area contributed by atoms with Gasteiger partial charge in [0.15, 0.2) is 0 Å². The second-order valence-electron chi connectivity index (χ2n) is 9.96. The summed E-state index contributed by atoms with van der Waals surface area (Å²) < 4.78 is 0. The smallest absolute Gasteiger partial charge is 0.0842 e. The third kappa shape index (κ3) is 11.6. The van der Waals surface area contributed by atoms with Crippen LogP contribution in [0.1, 0.15) is 92.4 Å². The molecule has 0 bridgehead atoms. The molecule has 0 saturated heterocycles. The normalized spacial score (nSPS) is 17.0. The van der Waals surface area contributed by atoms with Gasteiger partial charge in [-0.25, -0.2) is 0 Å². The van der Waals surface area contributed by atoms with E-state index in [1.807, 2.05) is 37.3 Å². The van der Waals surface area contributed by atoms with Crippen LogP contribution >= 0.6 is 0 Å². The lowest BCUT2D eigenvalue weighted by molar-refractivity contribution is 0.0101. The molecule has 1 rings (SSSR count). The molecule has 0 aliphatic carbocycles. The van der Waals surface area contributed by atoms with Gasteiger partial charge in [-0.3, -0.25) is 0 Å². The molecule has 3 heteroatoms. The number of anilines is 1. The Balaban J connectivity index is 2.24. The van der Waals surface area contributed by atoms with E-state index < -0.39 is 5.60 Å². The molecular weight excluding hydrogens is 358 g/mol. The van der Waals surface area contributed by atoms with Gasteiger partial charge in [0, 0.05) is 5.69 Å². The predicted octanol–water partition coefficient (Wildman–Crippen LogP) is 6.65. The summed E-state index contributed by atoms with van der Waals surface area (Å²) in [6, 6.07) is 9.45. The Kier molecular flexibility index (Phi) is 12.6. The Morgan fingerprint density at radius 1 is 0.828 bits per heavy atom. The summed E-state index contributed by atoms with van der Waals surface area (Å²) in [7, 11) is 0. The van der Waals surface area contributed by atoms with Crippen LogP contribution in [0.15, 0.2) is 30.3 Å². The summed E-state index contributed by atoms with van der Waals surface area (Å²) in [5, 5.41) is 23.9. The third-order valence-electron chi connectivity index (χ3n) is 6.30. The third-order valence-corrected chi connectivity index (χ3v) is 6.30. The Morgan fingerprint density at radius 3 is 1.86 bits per heavy atom. The molecule has 4 unspecified atom stereocenters. The first-order chi connectivity index (χ1) is 13.7. The molecule has 0 heterocycles. The van der Waals surface area contributed by atoms with Gasteiger partial charge in [-0.2, -0.15) is 0 Å². The maximum atomic E-state index is 10.9. The van der Waals surface area contributed by atoms with E-state index in [2.05, 4.69) is 33.0 Å². The predicted molar refractivity (Wildman–Crippen MR) is 126 cm³/mol. The highest BCUT2D eigenvalue weighted by Gasteiger charge is 2.31. The van der Waals surface area contributed by atoms with Gasteiger partial charge in [-0.1, -0.05) is 97.3 Å². The Labute approximate surface area is 180 Å². The van der Waals surface area contributed by atoms with Gasteiger partial charge in [-0.15, -0.1) is 0 Å². The van der Waals surface area contributed by atoms with Crippen molar-refractivity contribution in [2.45, 2.75) is 104 Å². The van der Waals surface area contributed by atoms with Gasteiger partial charge in [0.25, 0.3) is 0 Å². The van der Waals surface area contributed by atoms with Crippen molar-refractivity contribution in [2.75, 3.05) is 11.9 Å². The maximum Gasteiger partial charge on any atom is 0.0842 e. The number of para-hydroxylation sites is 1. The topological polar surface area (TPSA) is 52.5 Å². The van der Waals surface area contributed by atoms with Crippen molar-refractivity contribution < 1.29 is 10.2 Å². The largest absolute Gasteiger partial charge is 0.394 e. The fraction of sp³-hybridized carbons (Fsp3) is 0.769. The summed E-state index contributed by atoms with van der Waals surface area (Å²) in [4.78, 5) is 0. The van der Waals surface area contributed by atoms with Crippen molar-refractivity contribution in [1.82, 2.24) is 0 Å². The zero-order chi connectivity index (χ0) is 21.7. The average molecular weight is 406 g/mol. The van der Waals surface area contributed by atoms with Crippen LogP contribution in [0.4, 0.5) is 5.69 Å². The Hall–Kier alpha value is -1.06. The van der Waals surface area contributed by atoms with E-state index in [-0.39, 0.29) is 12.6 Å². The van der Waals surface area contributed by atoms with Crippen LogP contribution in [0.25, 0.3) is 0 Å². The lowest BCUT2D eigenvalue weighted by Gasteiger charge is -2.33. The number of hydrogen-bond donors (Lipinski definition) is 3. The molecule has 1 aromatic carbocycles. The van der Waals surface area contributed by atoms with Crippen molar-refractivity contribution in [1.29, 1.82) is 0 Å². The molecule has 4 atom stereocenters. The maximum absolute atomic E-state index is 10.9. The Morgan fingerprint density at radius 2 is 1.34 bits per heavy atom. The summed E-state index contributed by atoms with van der Waals surface area (Å²) in [5.41, 5.74) is 0.0117. The second-order valence-corrected chi connectivity index (χ2v) is 9.96. The van der Waals surface area contributed by atoms with Crippen LogP contribution in [0.2, 0.25) is 0 Å². The zero-order valence-corrected chi connectivity index (χ0v) is 19.7. The van der Waals surface area contributed by atoms with Crippen molar-refractivity contribution in [3.05, 3.63) is 30.3 Å². The van der Waals surface area contributed by atoms with E-state index in [1.54, 1.807) is 0 Å². The molecule has 3 nitrogen and oxygen atoms in total. The van der Waals surface area contributed by atoms with Crippen LogP contribution in [-0.2, 0) is 0 Å². The van der Waals surface area contributed by atoms with Gasteiger partial charge >= 0.3 is 0 Å². The zero-order valence-electron chi connectivity index (χ0n) is 19.7. The highest BCUT2D eigenvalue weighted by atomic mass is 16.3. The first-order valence-electron chi connectivity index (χ1n) is 11.9. The molecule has 0 amide bonds. The molecule has 1 aromatic rings. The fourth-order valence-electron chi connectivity index (χ4n) is 4.09. The lowest BCUT2D eigenvalue weighted by Crippen LogP contribution is -2.47. The molecule has 0 saturated carbocycles. The molecule has 29 heavy (non-hydrogen) atoms. The van der Waals surface area contributed by atoms with Gasteiger partial charge in [-0.05, 0) is 43.2 Å². The van der Waals surface area contributed by atoms with E-state index in [1.165, 1.54) is 38.5 Å². The summed E-state index contributed by atoms with van der Waals surface area (Å²) in [5.74, 6) is 2.37. The van der Waals surface area contributed by atoms with Crippen molar-refractivity contribution in [2.24, 2.45) is 17.8 Å². The standard InChI is InChI=1S/C26H47NO2/c1-21(2)12-9-13-22(3)14-10-15-23(4)16-11-19-26(5,29)25(20-28)27-24-17-7-6-8-18-24/h6-8,17-18,21-23,25,27-29H,9-16,19-20H2,1-5H3. The molecule has 0 aromatic heterocycles. The quantitative estimate of drug-likeness (QED) is 0.288. The van der Waals surface area contributed by atoms with Crippen LogP contribution in [0.3, 0.4) is 0 Å². The van der Waals surface area contributed by atoms with Crippen LogP contribution in [0.5, 0.6) is 0 Å². The monoisotopic (exact) mass is 405 g/mol. The number of benzene rings is 1. The minimum atomic E-state index is -0.921. The summed E-state index contributed by atoms with van der Waals surface area (Å²) >= 11 is 0. The number of aliphatic hydroxyl groups excluding tert-OH is 1. The summed E-state index contributed by atoms with van der Waals surface area (Å²) in [6.07, 6.45) is 10.9. The SMILES string of the molecule is CC(C)CCCC(C)CCCC(C)CCCC(C)(O)C(CO)Nc1ccccc1. The number of hydrogen-bond acceptors (Lipinski definition) is 3. The van der Waals surface area contributed by atoms with E-state index in [4.69, 9.17) is 0 Å². The van der Waals surface area contributed by atoms with Gasteiger partial charge in [0.2, 0.25) is 0 Å². The first kappa shape index (κ1) is 26.0. The molecule has 3 N–H and O–H groups in total. The molecule has 0 aliphatic heterocycles. The highest BCUT2D eigenvalue weighted by Crippen LogP contribution is 2.25. The van der Waals surface area contributed by atoms with Crippen molar-refractivity contribution in [3.8, 4) is 0 Å². The van der Waals surface area contributed by atoms with Crippen molar-refractivity contribution >= 4 is 5.69 Å². The minimum absolute atomic E-state index is 0.0772. The highest BCUT2D eigenvalue weighted by molar-refractivity contribution is 5.44. The van der Waals surface area contributed by atoms with E-state index >= 15 is 0 Å². The number of aliphatic hydroxyl groups is 2. The van der Waals surface area contributed by atoms with E-state index in [9.17, 15) is 10.2 Å². The molecule has 0 spiro atoms. The molecule has 0 aliphatic rings. The van der Waals surface area contributed by atoms with Gasteiger partial charge in [0.05, 0.1) is 18.2 Å². The number of rotatable bonds is 16.